The van der Waals surface area contributed by atoms with Crippen LogP contribution in [0.2, 0.25) is 0 Å². The van der Waals surface area contributed by atoms with E-state index in [2.05, 4.69) is 36.4 Å². The summed E-state index contributed by atoms with van der Waals surface area (Å²) in [6.45, 7) is 0. The predicted octanol–water partition coefficient (Wildman–Crippen LogP) is 3.86. The summed E-state index contributed by atoms with van der Waals surface area (Å²) in [5, 5.41) is 0. The van der Waals surface area contributed by atoms with Crippen molar-refractivity contribution in [2.24, 2.45) is 0 Å². The van der Waals surface area contributed by atoms with Crippen molar-refractivity contribution in [2.45, 2.75) is 0 Å². The first-order valence-corrected chi connectivity index (χ1v) is 4.73. The lowest BCUT2D eigenvalue weighted by Crippen LogP contribution is -1.70. The first kappa shape index (κ1) is 8.76. The van der Waals surface area contributed by atoms with Gasteiger partial charge in [-0.1, -0.05) is 72.8 Å². The quantitative estimate of drug-likeness (QED) is 0.616. The molecule has 0 amide bonds. The summed E-state index contributed by atoms with van der Waals surface area (Å²) < 4.78 is 0. The van der Waals surface area contributed by atoms with Crippen LogP contribution < -0.4 is 0 Å². The number of rotatable bonds is 2. The molecule has 0 saturated heterocycles. The van der Waals surface area contributed by atoms with E-state index in [1.54, 1.807) is 0 Å². The van der Waals surface area contributed by atoms with Crippen LogP contribution in [0.4, 0.5) is 0 Å². The number of benzene rings is 2. The monoisotopic (exact) mass is 180 g/mol. The minimum atomic E-state index is 1.23. The predicted molar refractivity (Wildman–Crippen MR) is 61.8 cm³/mol. The molecular formula is C14H12. The van der Waals surface area contributed by atoms with Crippen LogP contribution in [-0.2, 0) is 0 Å². The normalized spacial score (nSPS) is 10.6. The Hall–Kier alpha value is -1.82. The second kappa shape index (κ2) is 4.43. The molecule has 0 N–H and O–H groups in total. The van der Waals surface area contributed by atoms with Gasteiger partial charge in [0.25, 0.3) is 0 Å². The summed E-state index contributed by atoms with van der Waals surface area (Å²) in [6, 6.07) is 20.6. The Labute approximate surface area is 84.5 Å². The van der Waals surface area contributed by atoms with E-state index in [0.29, 0.717) is 0 Å². The Morgan fingerprint density at radius 1 is 0.500 bits per heavy atom. The zero-order chi connectivity index (χ0) is 9.64. The Kier molecular flexibility index (Phi) is 2.77. The van der Waals surface area contributed by atoms with Gasteiger partial charge in [-0.25, -0.2) is 0 Å². The fraction of sp³-hybridized carbons (Fsp3) is 0. The van der Waals surface area contributed by atoms with Gasteiger partial charge in [-0.3, -0.25) is 0 Å². The van der Waals surface area contributed by atoms with Crippen LogP contribution in [0.5, 0.6) is 0 Å². The van der Waals surface area contributed by atoms with E-state index >= 15 is 0 Å². The molecule has 68 valence electrons. The SMILES string of the molecule is C(=C/c1ccccc1)/c1ccccc1. The first-order valence-electron chi connectivity index (χ1n) is 4.73. The Balaban J connectivity index is 2.16. The maximum absolute atomic E-state index is 2.12. The Morgan fingerprint density at radius 2 is 0.857 bits per heavy atom. The van der Waals surface area contributed by atoms with Crippen molar-refractivity contribution in [1.29, 1.82) is 0 Å². The molecule has 2 rings (SSSR count). The van der Waals surface area contributed by atoms with Gasteiger partial charge in [0.2, 0.25) is 0 Å². The van der Waals surface area contributed by atoms with Crippen LogP contribution in [0.15, 0.2) is 60.7 Å². The zero-order valence-corrected chi connectivity index (χ0v) is 7.93. The van der Waals surface area contributed by atoms with Crippen molar-refractivity contribution in [2.75, 3.05) is 0 Å². The van der Waals surface area contributed by atoms with Crippen LogP contribution in [0.3, 0.4) is 0 Å². The highest BCUT2D eigenvalue weighted by atomic mass is 13.9. The standard InChI is InChI=1S/C14H12/c1-3-7-13(8-4-1)11-12-14-9-5-2-6-10-14/h1-12H/b12-11-. The number of hydrogen-bond donors (Lipinski definition) is 0. The summed E-state index contributed by atoms with van der Waals surface area (Å²) in [5.74, 6) is 0. The second-order valence-corrected chi connectivity index (χ2v) is 3.15. The average Bonchev–Trinajstić information content (AvgIpc) is 2.29. The lowest BCUT2D eigenvalue weighted by atomic mass is 10.1. The molecule has 0 unspecified atom stereocenters. The van der Waals surface area contributed by atoms with Gasteiger partial charge in [-0.05, 0) is 11.1 Å². The van der Waals surface area contributed by atoms with Crippen molar-refractivity contribution in [3.05, 3.63) is 71.8 Å². The summed E-state index contributed by atoms with van der Waals surface area (Å²) >= 11 is 0. The minimum absolute atomic E-state index is 1.23. The third-order valence-corrected chi connectivity index (χ3v) is 2.07. The topological polar surface area (TPSA) is 0 Å². The smallest absolute Gasteiger partial charge is 0.0256 e. The van der Waals surface area contributed by atoms with E-state index in [4.69, 9.17) is 0 Å². The molecule has 0 radical (unpaired) electrons. The van der Waals surface area contributed by atoms with Crippen molar-refractivity contribution < 1.29 is 0 Å². The van der Waals surface area contributed by atoms with E-state index in [9.17, 15) is 0 Å². The molecule has 0 saturated carbocycles. The fourth-order valence-electron chi connectivity index (χ4n) is 1.32. The van der Waals surface area contributed by atoms with Crippen molar-refractivity contribution in [3.8, 4) is 0 Å². The minimum Gasteiger partial charge on any atom is -0.0622 e. The van der Waals surface area contributed by atoms with Gasteiger partial charge in [0.15, 0.2) is 0 Å². The van der Waals surface area contributed by atoms with Gasteiger partial charge in [-0.2, -0.15) is 0 Å². The maximum atomic E-state index is 2.12. The average molecular weight is 180 g/mol. The van der Waals surface area contributed by atoms with Crippen LogP contribution >= 0.6 is 0 Å². The summed E-state index contributed by atoms with van der Waals surface area (Å²) in [4.78, 5) is 0. The van der Waals surface area contributed by atoms with Gasteiger partial charge in [-0.15, -0.1) is 0 Å². The third-order valence-electron chi connectivity index (χ3n) is 2.07. The van der Waals surface area contributed by atoms with E-state index in [1.165, 1.54) is 11.1 Å². The van der Waals surface area contributed by atoms with E-state index in [0.717, 1.165) is 0 Å². The fourth-order valence-corrected chi connectivity index (χ4v) is 1.32. The Bertz CT molecular complexity index is 357. The van der Waals surface area contributed by atoms with Crippen LogP contribution in [-0.4, -0.2) is 0 Å². The molecule has 0 heterocycles. The van der Waals surface area contributed by atoms with Crippen molar-refractivity contribution in [1.82, 2.24) is 0 Å². The van der Waals surface area contributed by atoms with Crippen LogP contribution in [0.1, 0.15) is 11.1 Å². The molecule has 0 heteroatoms. The van der Waals surface area contributed by atoms with Gasteiger partial charge in [0.05, 0.1) is 0 Å². The van der Waals surface area contributed by atoms with Crippen molar-refractivity contribution >= 4 is 12.2 Å². The van der Waals surface area contributed by atoms with E-state index in [1.807, 2.05) is 36.4 Å². The van der Waals surface area contributed by atoms with Crippen LogP contribution in [0, 0.1) is 0 Å². The van der Waals surface area contributed by atoms with E-state index in [-0.39, 0.29) is 0 Å². The van der Waals surface area contributed by atoms with Gasteiger partial charge in [0.1, 0.15) is 0 Å². The molecule has 14 heavy (non-hydrogen) atoms. The summed E-state index contributed by atoms with van der Waals surface area (Å²) in [7, 11) is 0. The van der Waals surface area contributed by atoms with E-state index < -0.39 is 0 Å². The summed E-state index contributed by atoms with van der Waals surface area (Å²) in [5.41, 5.74) is 2.47. The summed E-state index contributed by atoms with van der Waals surface area (Å²) in [6.07, 6.45) is 4.24. The first-order chi connectivity index (χ1) is 6.95. The second-order valence-electron chi connectivity index (χ2n) is 3.15. The van der Waals surface area contributed by atoms with Gasteiger partial charge >= 0.3 is 0 Å². The lowest BCUT2D eigenvalue weighted by Gasteiger charge is -1.92. The Morgan fingerprint density at radius 3 is 1.21 bits per heavy atom. The highest BCUT2D eigenvalue weighted by Crippen LogP contribution is 2.06. The molecule has 0 atom stereocenters. The molecular weight excluding hydrogens is 168 g/mol. The highest BCUT2D eigenvalue weighted by molar-refractivity contribution is 5.69. The zero-order valence-electron chi connectivity index (χ0n) is 7.93. The number of hydrogen-bond acceptors (Lipinski definition) is 0. The lowest BCUT2D eigenvalue weighted by molar-refractivity contribution is 1.65. The molecule has 0 aliphatic carbocycles. The highest BCUT2D eigenvalue weighted by Gasteiger charge is 1.84. The molecule has 0 bridgehead atoms. The molecule has 0 spiro atoms. The molecule has 0 nitrogen and oxygen atoms in total. The van der Waals surface area contributed by atoms with Gasteiger partial charge in [0, 0.05) is 0 Å². The molecule has 0 aliphatic heterocycles. The maximum Gasteiger partial charge on any atom is -0.0256 e. The molecule has 0 aliphatic rings. The molecule has 2 aromatic rings. The molecule has 0 fully saturated rings. The molecule has 0 aromatic heterocycles. The van der Waals surface area contributed by atoms with Crippen molar-refractivity contribution in [3.63, 3.8) is 0 Å². The van der Waals surface area contributed by atoms with Gasteiger partial charge < -0.3 is 0 Å². The molecule has 2 aromatic carbocycles. The van der Waals surface area contributed by atoms with Crippen LogP contribution in [0.25, 0.3) is 12.2 Å². The third kappa shape index (κ3) is 2.33. The largest absolute Gasteiger partial charge is 0.0622 e.